The zero-order valence-corrected chi connectivity index (χ0v) is 44.9. The van der Waals surface area contributed by atoms with E-state index in [0.717, 1.165) is 58.2 Å². The van der Waals surface area contributed by atoms with Gasteiger partial charge in [0.05, 0.1) is 0 Å². The predicted molar refractivity (Wildman–Crippen MR) is 308 cm³/mol. The molecule has 0 atom stereocenters. The van der Waals surface area contributed by atoms with Gasteiger partial charge in [0, 0.05) is 72.9 Å². The van der Waals surface area contributed by atoms with Gasteiger partial charge in [0.2, 0.25) is 10.7 Å². The Bertz CT molecular complexity index is 3300. The van der Waals surface area contributed by atoms with Gasteiger partial charge in [0.25, 0.3) is 0 Å². The minimum atomic E-state index is -0.343. The van der Waals surface area contributed by atoms with E-state index in [0.29, 0.717) is 43.0 Å². The lowest BCUT2D eigenvalue weighted by atomic mass is 9.86. The predicted octanol–water partition coefficient (Wildman–Crippen LogP) is 15.1. The highest BCUT2D eigenvalue weighted by Crippen LogP contribution is 2.43. The molecular weight excluding hydrogens is 913 g/mol. The fraction of sp³-hybridized carbons (Fsp3) is 0.485. The van der Waals surface area contributed by atoms with Crippen LogP contribution >= 0.6 is 0 Å². The summed E-state index contributed by atoms with van der Waals surface area (Å²) < 4.78 is 6.92. The van der Waals surface area contributed by atoms with Gasteiger partial charge in [-0.1, -0.05) is 214 Å². The lowest BCUT2D eigenvalue weighted by molar-refractivity contribution is -0.539. The first-order chi connectivity index (χ1) is 36.4. The third-order valence-electron chi connectivity index (χ3n) is 16.4. The molecule has 0 fully saturated rings. The molecule has 8 nitrogen and oxygen atoms in total. The Labute approximate surface area is 436 Å². The average Bonchev–Trinajstić information content (AvgIpc) is 3.46. The van der Waals surface area contributed by atoms with Crippen molar-refractivity contribution in [3.8, 4) is 0 Å². The third-order valence-corrected chi connectivity index (χ3v) is 16.4. The van der Waals surface area contributed by atoms with Gasteiger partial charge < -0.3 is 9.13 Å². The molecule has 0 bridgehead atoms. The molecule has 0 saturated carbocycles. The Kier molecular flexibility index (Phi) is 18.5. The maximum atomic E-state index is 14.4. The number of hydrogen-bond donors (Lipinski definition) is 0. The molecular formula is C66H82N4O4+2. The quantitative estimate of drug-likeness (QED) is 0.0194. The lowest BCUT2D eigenvalue weighted by Gasteiger charge is -2.15. The van der Waals surface area contributed by atoms with Crippen LogP contribution in [-0.4, -0.2) is 9.13 Å². The van der Waals surface area contributed by atoms with Crippen molar-refractivity contribution in [3.63, 3.8) is 0 Å². The molecule has 9 aromatic rings. The minimum absolute atomic E-state index is 0.343. The van der Waals surface area contributed by atoms with Crippen molar-refractivity contribution >= 4 is 64.6 Å². The lowest BCUT2D eigenvalue weighted by Crippen LogP contribution is -2.51. The summed E-state index contributed by atoms with van der Waals surface area (Å²) in [7, 11) is 0. The van der Waals surface area contributed by atoms with Crippen molar-refractivity contribution in [3.05, 3.63) is 150 Å². The van der Waals surface area contributed by atoms with E-state index < -0.39 is 0 Å². The Morgan fingerprint density at radius 3 is 0.716 bits per heavy atom. The van der Waals surface area contributed by atoms with E-state index in [9.17, 15) is 19.2 Å². The van der Waals surface area contributed by atoms with Crippen molar-refractivity contribution in [1.29, 1.82) is 0 Å². The van der Waals surface area contributed by atoms with Gasteiger partial charge in [-0.25, -0.2) is 19.2 Å². The summed E-state index contributed by atoms with van der Waals surface area (Å²) >= 11 is 0. The van der Waals surface area contributed by atoms with Gasteiger partial charge in [0.15, 0.2) is 0 Å². The number of benzene rings is 5. The summed E-state index contributed by atoms with van der Waals surface area (Å²) in [6.45, 7) is 6.36. The topological polar surface area (TPSA) is 89.9 Å². The van der Waals surface area contributed by atoms with Crippen LogP contribution < -0.4 is 30.7 Å². The maximum Gasteiger partial charge on any atom is 0.429 e. The van der Waals surface area contributed by atoms with Gasteiger partial charge in [-0.3, -0.25) is 0 Å². The van der Waals surface area contributed by atoms with Gasteiger partial charge in [-0.2, -0.15) is 0 Å². The number of fused-ring (bicyclic) bond motifs is 2. The molecule has 9 rings (SSSR count). The van der Waals surface area contributed by atoms with E-state index in [1.165, 1.54) is 175 Å². The van der Waals surface area contributed by atoms with Gasteiger partial charge >= 0.3 is 22.2 Å². The number of pyridine rings is 4. The van der Waals surface area contributed by atoms with Crippen LogP contribution in [-0.2, 0) is 13.1 Å². The summed E-state index contributed by atoms with van der Waals surface area (Å²) in [5.41, 5.74) is -1.37. The Morgan fingerprint density at radius 1 is 0.270 bits per heavy atom. The second kappa shape index (κ2) is 26.0. The number of aromatic nitrogens is 4. The van der Waals surface area contributed by atoms with Crippen LogP contribution in [0.2, 0.25) is 0 Å². The summed E-state index contributed by atoms with van der Waals surface area (Å²) in [5.74, 6) is 0. The van der Waals surface area contributed by atoms with Gasteiger partial charge in [-0.15, -0.1) is 0 Å². The molecule has 0 amide bonds. The molecule has 0 aliphatic rings. The maximum absolute atomic E-state index is 14.4. The molecule has 0 N–H and O–H groups in total. The van der Waals surface area contributed by atoms with E-state index in [1.807, 2.05) is 97.6 Å². The molecule has 5 aromatic carbocycles. The van der Waals surface area contributed by atoms with E-state index >= 15 is 0 Å². The van der Waals surface area contributed by atoms with Crippen molar-refractivity contribution < 1.29 is 8.49 Å². The molecule has 74 heavy (non-hydrogen) atoms. The van der Waals surface area contributed by atoms with Crippen molar-refractivity contribution in [2.24, 2.45) is 0 Å². The number of unbranched alkanes of at least 4 members (excludes halogenated alkanes) is 26. The Hall–Kier alpha value is -6.02. The molecule has 0 radical (unpaired) electrons. The van der Waals surface area contributed by atoms with E-state index in [2.05, 4.69) is 23.0 Å². The fourth-order valence-corrected chi connectivity index (χ4v) is 12.2. The normalized spacial score (nSPS) is 12.1. The van der Waals surface area contributed by atoms with Crippen molar-refractivity contribution in [1.82, 2.24) is 9.13 Å². The van der Waals surface area contributed by atoms with Crippen molar-refractivity contribution in [2.75, 3.05) is 0 Å². The van der Waals surface area contributed by atoms with E-state index in [-0.39, 0.29) is 22.2 Å². The van der Waals surface area contributed by atoms with E-state index in [4.69, 9.17) is 0 Å². The zero-order valence-electron chi connectivity index (χ0n) is 44.9. The Morgan fingerprint density at radius 2 is 0.473 bits per heavy atom. The monoisotopic (exact) mass is 995 g/mol. The molecule has 0 aliphatic carbocycles. The first-order valence-corrected chi connectivity index (χ1v) is 29.4. The first kappa shape index (κ1) is 52.8. The smallest absolute Gasteiger partial charge is 0.354 e. The molecule has 0 aliphatic heterocycles. The first-order valence-electron chi connectivity index (χ1n) is 29.4. The molecule has 0 unspecified atom stereocenters. The highest BCUT2D eigenvalue weighted by Gasteiger charge is 2.26. The zero-order chi connectivity index (χ0) is 51.2. The molecule has 4 heterocycles. The minimum Gasteiger partial charge on any atom is -0.354 e. The highest BCUT2D eigenvalue weighted by molar-refractivity contribution is 6.39. The van der Waals surface area contributed by atoms with Gasteiger partial charge in [-0.05, 0) is 69.4 Å². The molecule has 8 heteroatoms. The molecule has 0 spiro atoms. The number of rotatable bonds is 30. The largest absolute Gasteiger partial charge is 0.429 e. The second-order valence-corrected chi connectivity index (χ2v) is 21.8. The fourth-order valence-electron chi connectivity index (χ4n) is 12.2. The van der Waals surface area contributed by atoms with Crippen LogP contribution in [0.5, 0.6) is 0 Å². The number of aryl methyl sites for hydroxylation is 2. The van der Waals surface area contributed by atoms with Crippen LogP contribution in [0.1, 0.15) is 194 Å². The standard InChI is InChI=1S/C66H82N4O4/c1-3-5-7-9-11-13-15-17-19-21-23-25-27-29-43-67-45-39-49(40-46-67)69-63(71)55-35-31-51-53-33-37-57-62-58(38-34-54(60(53)62)52-32-36-56(64(69)72)61(55)59(51)52)66(74)70(65(57)73)50-41-47-68(48-42-50)44-30-28-26-24-22-20-18-16-14-12-10-8-6-4-2/h31-42,45-48H,3-30,43-44H2,1-2H3/q+2. The summed E-state index contributed by atoms with van der Waals surface area (Å²) in [4.78, 5) is 57.7. The number of nitrogens with zero attached hydrogens (tertiary/aromatic N) is 4. The van der Waals surface area contributed by atoms with Crippen molar-refractivity contribution in [2.45, 2.75) is 207 Å². The van der Waals surface area contributed by atoms with Crippen LogP contribution in [0.4, 0.5) is 0 Å². The van der Waals surface area contributed by atoms with Gasteiger partial charge in [0.1, 0.15) is 21.5 Å². The van der Waals surface area contributed by atoms with Crippen LogP contribution in [0, 0.1) is 10.7 Å². The summed E-state index contributed by atoms with van der Waals surface area (Å²) in [5, 5.41) is 9.55. The molecule has 388 valence electrons. The highest BCUT2D eigenvalue weighted by atomic mass is 16.2. The van der Waals surface area contributed by atoms with Crippen LogP contribution in [0.3, 0.4) is 0 Å². The van der Waals surface area contributed by atoms with Crippen LogP contribution in [0.25, 0.3) is 64.6 Å². The third kappa shape index (κ3) is 11.8. The van der Waals surface area contributed by atoms with E-state index in [1.54, 1.807) is 0 Å². The Balaban J connectivity index is 0.887. The second-order valence-electron chi connectivity index (χ2n) is 21.8. The summed E-state index contributed by atoms with van der Waals surface area (Å²) in [6.07, 6.45) is 45.1. The molecule has 4 aromatic heterocycles. The number of hydrogen-bond acceptors (Lipinski definition) is 4. The van der Waals surface area contributed by atoms with Crippen LogP contribution in [0.15, 0.2) is 117 Å². The summed E-state index contributed by atoms with van der Waals surface area (Å²) in [6, 6.07) is 22.7. The molecule has 0 saturated heterocycles. The average molecular weight is 995 g/mol. The SMILES string of the molecule is CCCCCCCCCCCCCCCCn1ccc(=[n+]2c(=O)c3ccc4c5ccc6c(=O)[n+](=c7ccn(CCCCCCCCCCCCCCCC)cc7)c(=O)c7ccc(c8ccc(c2=O)c3c48)c5c67)cc1.